The minimum atomic E-state index is 0.571. The summed E-state index contributed by atoms with van der Waals surface area (Å²) in [5, 5.41) is 0. The first-order valence-corrected chi connectivity index (χ1v) is 5.51. The molecule has 1 aromatic carbocycles. The Balaban J connectivity index is 2.30. The molecule has 58 valence electrons. The van der Waals surface area contributed by atoms with Crippen LogP contribution in [-0.2, 0) is 5.41 Å². The number of rotatable bonds is 2. The fourth-order valence-electron chi connectivity index (χ4n) is 1.44. The van der Waals surface area contributed by atoms with Gasteiger partial charge in [-0.1, -0.05) is 52.9 Å². The topological polar surface area (TPSA) is 0 Å². The van der Waals surface area contributed by atoms with E-state index in [9.17, 15) is 0 Å². The van der Waals surface area contributed by atoms with E-state index in [0.717, 1.165) is 0 Å². The van der Waals surface area contributed by atoms with Gasteiger partial charge in [0, 0.05) is 9.84 Å². The second-order valence-electron chi connectivity index (χ2n) is 3.28. The maximum absolute atomic E-state index is 2.50. The molecule has 1 aromatic rings. The van der Waals surface area contributed by atoms with Crippen LogP contribution in [0.5, 0.6) is 0 Å². The maximum atomic E-state index is 2.50. The van der Waals surface area contributed by atoms with Crippen LogP contribution in [0.15, 0.2) is 30.3 Å². The van der Waals surface area contributed by atoms with E-state index in [1.807, 2.05) is 0 Å². The Morgan fingerprint density at radius 3 is 2.27 bits per heavy atom. The normalized spacial score (nSPS) is 19.7. The Kier molecular flexibility index (Phi) is 1.91. The van der Waals surface area contributed by atoms with Gasteiger partial charge in [-0.15, -0.1) is 0 Å². The summed E-state index contributed by atoms with van der Waals surface area (Å²) in [4.78, 5) is 0. The molecule has 1 heteroatoms. The summed E-state index contributed by atoms with van der Waals surface area (Å²) in [6.45, 7) is 0. The molecule has 0 amide bonds. The molecule has 0 heterocycles. The van der Waals surface area contributed by atoms with Crippen molar-refractivity contribution in [2.75, 3.05) is 4.43 Å². The molecule has 0 radical (unpaired) electrons. The summed E-state index contributed by atoms with van der Waals surface area (Å²) in [7, 11) is 0. The van der Waals surface area contributed by atoms with Gasteiger partial charge in [-0.3, -0.25) is 0 Å². The standard InChI is InChI=1S/C10H11I/c11-8-10(6-7-10)9-4-2-1-3-5-9/h1-5H,6-8H2. The zero-order valence-corrected chi connectivity index (χ0v) is 8.54. The quantitative estimate of drug-likeness (QED) is 0.564. The van der Waals surface area contributed by atoms with E-state index in [-0.39, 0.29) is 0 Å². The molecule has 0 spiro atoms. The van der Waals surface area contributed by atoms with Crippen LogP contribution in [0.1, 0.15) is 18.4 Å². The molecule has 11 heavy (non-hydrogen) atoms. The van der Waals surface area contributed by atoms with Gasteiger partial charge in [0.2, 0.25) is 0 Å². The van der Waals surface area contributed by atoms with Crippen molar-refractivity contribution >= 4 is 22.6 Å². The van der Waals surface area contributed by atoms with Crippen LogP contribution < -0.4 is 0 Å². The number of hydrogen-bond acceptors (Lipinski definition) is 0. The molecule has 2 rings (SSSR count). The molecule has 0 N–H and O–H groups in total. The number of alkyl halides is 1. The van der Waals surface area contributed by atoms with E-state index < -0.39 is 0 Å². The third-order valence-electron chi connectivity index (χ3n) is 2.50. The molecule has 0 nitrogen and oxygen atoms in total. The largest absolute Gasteiger partial charge is 0.0854 e. The van der Waals surface area contributed by atoms with E-state index in [1.54, 1.807) is 0 Å². The Bertz CT molecular complexity index is 236. The number of hydrogen-bond donors (Lipinski definition) is 0. The van der Waals surface area contributed by atoms with Crippen molar-refractivity contribution in [1.29, 1.82) is 0 Å². The average molecular weight is 258 g/mol. The molecule has 1 aliphatic rings. The van der Waals surface area contributed by atoms with Crippen LogP contribution in [0.3, 0.4) is 0 Å². The summed E-state index contributed by atoms with van der Waals surface area (Å²) < 4.78 is 1.27. The summed E-state index contributed by atoms with van der Waals surface area (Å²) in [6, 6.07) is 10.9. The van der Waals surface area contributed by atoms with Crippen LogP contribution in [0.25, 0.3) is 0 Å². The molecule has 1 aliphatic carbocycles. The van der Waals surface area contributed by atoms with Crippen molar-refractivity contribution in [3.63, 3.8) is 0 Å². The van der Waals surface area contributed by atoms with Crippen molar-refractivity contribution in [1.82, 2.24) is 0 Å². The minimum absolute atomic E-state index is 0.571. The minimum Gasteiger partial charge on any atom is -0.0854 e. The van der Waals surface area contributed by atoms with Gasteiger partial charge in [0.05, 0.1) is 0 Å². The molecule has 1 fully saturated rings. The highest BCUT2D eigenvalue weighted by atomic mass is 127. The first-order valence-electron chi connectivity index (χ1n) is 3.99. The highest BCUT2D eigenvalue weighted by molar-refractivity contribution is 14.1. The zero-order chi connectivity index (χ0) is 7.73. The second kappa shape index (κ2) is 2.77. The predicted molar refractivity (Wildman–Crippen MR) is 56.2 cm³/mol. The molecular weight excluding hydrogens is 247 g/mol. The van der Waals surface area contributed by atoms with Crippen LogP contribution in [-0.4, -0.2) is 4.43 Å². The third-order valence-corrected chi connectivity index (χ3v) is 3.96. The van der Waals surface area contributed by atoms with Crippen molar-refractivity contribution in [3.8, 4) is 0 Å². The van der Waals surface area contributed by atoms with E-state index in [4.69, 9.17) is 0 Å². The van der Waals surface area contributed by atoms with Crippen LogP contribution >= 0.6 is 22.6 Å². The SMILES string of the molecule is ICC1(c2ccccc2)CC1. The molecule has 0 aromatic heterocycles. The maximum Gasteiger partial charge on any atom is 0.00926 e. The summed E-state index contributed by atoms with van der Waals surface area (Å²) >= 11 is 2.50. The van der Waals surface area contributed by atoms with Gasteiger partial charge < -0.3 is 0 Å². The van der Waals surface area contributed by atoms with Crippen molar-refractivity contribution in [2.45, 2.75) is 18.3 Å². The molecular formula is C10H11I. The van der Waals surface area contributed by atoms with Crippen LogP contribution in [0.4, 0.5) is 0 Å². The lowest BCUT2D eigenvalue weighted by Crippen LogP contribution is -2.06. The first-order chi connectivity index (χ1) is 5.37. The lowest BCUT2D eigenvalue weighted by atomic mass is 9.99. The predicted octanol–water partition coefficient (Wildman–Crippen LogP) is 3.15. The molecule has 0 saturated heterocycles. The van der Waals surface area contributed by atoms with Crippen LogP contribution in [0.2, 0.25) is 0 Å². The summed E-state index contributed by atoms with van der Waals surface area (Å²) in [5.41, 5.74) is 2.11. The van der Waals surface area contributed by atoms with E-state index in [1.165, 1.54) is 22.8 Å². The Hall–Kier alpha value is -0.0500. The Morgan fingerprint density at radius 1 is 1.18 bits per heavy atom. The lowest BCUT2D eigenvalue weighted by molar-refractivity contribution is 0.817. The number of halogens is 1. The van der Waals surface area contributed by atoms with Gasteiger partial charge in [0.25, 0.3) is 0 Å². The zero-order valence-electron chi connectivity index (χ0n) is 6.39. The molecule has 1 saturated carbocycles. The van der Waals surface area contributed by atoms with E-state index in [0.29, 0.717) is 5.41 Å². The highest BCUT2D eigenvalue weighted by Gasteiger charge is 2.42. The fraction of sp³-hybridized carbons (Fsp3) is 0.400. The van der Waals surface area contributed by atoms with Gasteiger partial charge in [-0.05, 0) is 18.4 Å². The van der Waals surface area contributed by atoms with Gasteiger partial charge in [0.15, 0.2) is 0 Å². The summed E-state index contributed by atoms with van der Waals surface area (Å²) in [5.74, 6) is 0. The average Bonchev–Trinajstić information content (AvgIpc) is 2.86. The third kappa shape index (κ3) is 1.31. The lowest BCUT2D eigenvalue weighted by Gasteiger charge is -2.10. The monoisotopic (exact) mass is 258 g/mol. The van der Waals surface area contributed by atoms with Crippen molar-refractivity contribution in [3.05, 3.63) is 35.9 Å². The highest BCUT2D eigenvalue weighted by Crippen LogP contribution is 2.49. The summed E-state index contributed by atoms with van der Waals surface area (Å²) in [6.07, 6.45) is 2.78. The van der Waals surface area contributed by atoms with Gasteiger partial charge >= 0.3 is 0 Å². The van der Waals surface area contributed by atoms with Gasteiger partial charge in [0.1, 0.15) is 0 Å². The van der Waals surface area contributed by atoms with Crippen molar-refractivity contribution < 1.29 is 0 Å². The molecule has 0 aliphatic heterocycles. The van der Waals surface area contributed by atoms with Crippen LogP contribution in [0, 0.1) is 0 Å². The number of benzene rings is 1. The van der Waals surface area contributed by atoms with E-state index >= 15 is 0 Å². The smallest absolute Gasteiger partial charge is 0.00926 e. The van der Waals surface area contributed by atoms with Crippen molar-refractivity contribution in [2.24, 2.45) is 0 Å². The molecule has 0 atom stereocenters. The van der Waals surface area contributed by atoms with E-state index in [2.05, 4.69) is 52.9 Å². The fourth-order valence-corrected chi connectivity index (χ4v) is 2.65. The van der Waals surface area contributed by atoms with Gasteiger partial charge in [-0.2, -0.15) is 0 Å². The molecule has 0 bridgehead atoms. The Morgan fingerprint density at radius 2 is 1.82 bits per heavy atom. The second-order valence-corrected chi connectivity index (χ2v) is 4.04. The van der Waals surface area contributed by atoms with Gasteiger partial charge in [-0.25, -0.2) is 0 Å². The molecule has 0 unspecified atom stereocenters. The first kappa shape index (κ1) is 7.59. The Labute approximate surface area is 81.1 Å².